The predicted molar refractivity (Wildman–Crippen MR) is 88.1 cm³/mol. The van der Waals surface area contributed by atoms with E-state index in [9.17, 15) is 0 Å². The fraction of sp³-hybridized carbons (Fsp3) is 1.00. The van der Waals surface area contributed by atoms with Crippen LogP contribution in [-0.2, 0) is 12.3 Å². The highest BCUT2D eigenvalue weighted by atomic mass is 28.5. The summed E-state index contributed by atoms with van der Waals surface area (Å²) in [5.74, 6) is 0. The second kappa shape index (κ2) is 6.00. The molecule has 0 aromatic rings. The summed E-state index contributed by atoms with van der Waals surface area (Å²) < 4.78 is 19.0. The molecule has 110 valence electrons. The van der Waals surface area contributed by atoms with Gasteiger partial charge in [0.1, 0.15) is 0 Å². The molecule has 0 aliphatic carbocycles. The Kier molecular flexibility index (Phi) is 6.23. The summed E-state index contributed by atoms with van der Waals surface area (Å²) in [6.45, 7) is 19.6. The Morgan fingerprint density at radius 3 is 0.889 bits per heavy atom. The summed E-state index contributed by atoms with van der Waals surface area (Å²) in [6.07, 6.45) is 0. The van der Waals surface area contributed by atoms with Gasteiger partial charge in [-0.2, -0.15) is 0 Å². The zero-order valence-electron chi connectivity index (χ0n) is 13.7. The Balaban J connectivity index is 5.20. The highest BCUT2D eigenvalue weighted by Crippen LogP contribution is 2.22. The van der Waals surface area contributed by atoms with Gasteiger partial charge in [0.25, 0.3) is 0 Å². The summed E-state index contributed by atoms with van der Waals surface area (Å²) in [5, 5.41) is 0. The van der Waals surface area contributed by atoms with Crippen LogP contribution in [0.4, 0.5) is 0 Å². The van der Waals surface area contributed by atoms with E-state index in [2.05, 4.69) is 63.9 Å². The maximum Gasteiger partial charge on any atom is 0.564 e. The highest BCUT2D eigenvalue weighted by Gasteiger charge is 2.50. The molecule has 0 aliphatic rings. The molecule has 0 bridgehead atoms. The molecule has 0 unspecified atom stereocenters. The van der Waals surface area contributed by atoms with Gasteiger partial charge in [-0.05, 0) is 66.0 Å². The van der Waals surface area contributed by atoms with Crippen LogP contribution in [0.1, 0.15) is 0 Å². The third kappa shape index (κ3) is 8.75. The Hall–Kier alpha value is 0.708. The first-order chi connectivity index (χ1) is 7.68. The molecule has 0 fully saturated rings. The molecular weight excluding hydrogens is 294 g/mol. The molecule has 0 radical (unpaired) electrons. The molecule has 18 heavy (non-hydrogen) atoms. The van der Waals surface area contributed by atoms with Crippen molar-refractivity contribution in [2.24, 2.45) is 0 Å². The van der Waals surface area contributed by atoms with Gasteiger partial charge in [-0.15, -0.1) is 0 Å². The van der Waals surface area contributed by atoms with Crippen molar-refractivity contribution in [1.29, 1.82) is 0 Å². The Labute approximate surface area is 117 Å². The predicted octanol–water partition coefficient (Wildman–Crippen LogP) is 3.20. The van der Waals surface area contributed by atoms with Gasteiger partial charge in [0, 0.05) is 0 Å². The van der Waals surface area contributed by atoms with E-state index in [0.717, 1.165) is 0 Å². The van der Waals surface area contributed by atoms with Gasteiger partial charge in [-0.25, -0.2) is 0 Å². The molecule has 0 aliphatic heterocycles. The molecule has 0 amide bonds. The number of rotatable bonds is 7. The molecule has 0 heterocycles. The second-order valence-electron chi connectivity index (χ2n) is 7.45. The number of hydrogen-bond acceptors (Lipinski definition) is 4. The van der Waals surface area contributed by atoms with E-state index in [1.165, 1.54) is 0 Å². The van der Waals surface area contributed by atoms with E-state index in [4.69, 9.17) is 12.3 Å². The van der Waals surface area contributed by atoms with Crippen LogP contribution in [-0.4, -0.2) is 41.0 Å². The number of hydrogen-bond donors (Lipinski definition) is 1. The van der Waals surface area contributed by atoms with E-state index in [-0.39, 0.29) is 0 Å². The zero-order valence-corrected chi connectivity index (χ0v) is 17.7. The van der Waals surface area contributed by atoms with Crippen molar-refractivity contribution in [2.45, 2.75) is 58.9 Å². The summed E-state index contributed by atoms with van der Waals surface area (Å²) >= 11 is 0. The monoisotopic (exact) mass is 325 g/mol. The van der Waals surface area contributed by atoms with Crippen LogP contribution in [0.15, 0.2) is 0 Å². The lowest BCUT2D eigenvalue weighted by Gasteiger charge is -2.41. The molecule has 0 aromatic carbocycles. The minimum Gasteiger partial charge on any atom is -0.405 e. The van der Waals surface area contributed by atoms with E-state index in [1.54, 1.807) is 0 Å². The van der Waals surface area contributed by atoms with E-state index in [0.29, 0.717) is 0 Å². The van der Waals surface area contributed by atoms with E-state index in [1.807, 2.05) is 7.05 Å². The molecule has 0 spiro atoms. The minimum atomic E-state index is -2.74. The first kappa shape index (κ1) is 18.7. The molecule has 0 rings (SSSR count). The molecule has 0 saturated heterocycles. The Morgan fingerprint density at radius 2 is 0.778 bits per heavy atom. The molecule has 0 atom stereocenters. The first-order valence-corrected chi connectivity index (χ1v) is 18.4. The van der Waals surface area contributed by atoms with Crippen molar-refractivity contribution >= 4 is 33.9 Å². The maximum absolute atomic E-state index is 6.32. The molecular formula is C10H31NO3Si4. The van der Waals surface area contributed by atoms with Gasteiger partial charge < -0.3 is 12.3 Å². The van der Waals surface area contributed by atoms with Crippen molar-refractivity contribution < 1.29 is 12.3 Å². The normalized spacial score (nSPS) is 15.0. The average Bonchev–Trinajstić information content (AvgIpc) is 1.93. The van der Waals surface area contributed by atoms with Crippen LogP contribution in [0, 0.1) is 0 Å². The molecule has 0 aromatic heterocycles. The molecule has 8 heteroatoms. The number of nitrogens with one attached hydrogen (secondary N) is 1. The fourth-order valence-electron chi connectivity index (χ4n) is 1.42. The summed E-state index contributed by atoms with van der Waals surface area (Å²) in [6, 6.07) is 0. The lowest BCUT2D eigenvalue weighted by atomic mass is 11.6. The van der Waals surface area contributed by atoms with Gasteiger partial charge in [-0.1, -0.05) is 0 Å². The van der Waals surface area contributed by atoms with Crippen molar-refractivity contribution in [3.05, 3.63) is 0 Å². The van der Waals surface area contributed by atoms with Crippen molar-refractivity contribution in [3.63, 3.8) is 0 Å². The van der Waals surface area contributed by atoms with Crippen molar-refractivity contribution in [3.8, 4) is 0 Å². The van der Waals surface area contributed by atoms with E-state index >= 15 is 0 Å². The fourth-order valence-corrected chi connectivity index (χ4v) is 13.9. The van der Waals surface area contributed by atoms with Crippen LogP contribution in [0.3, 0.4) is 0 Å². The standard InChI is InChI=1S/C10H31NO3Si4/c1-11-18(12-15(2,3)4,13-16(5,6)7)14-17(8,9)10/h11H,1-10H3. The van der Waals surface area contributed by atoms with Crippen molar-refractivity contribution in [2.75, 3.05) is 7.05 Å². The molecule has 0 saturated carbocycles. The van der Waals surface area contributed by atoms with Gasteiger partial charge in [0.2, 0.25) is 0 Å². The van der Waals surface area contributed by atoms with Crippen LogP contribution >= 0.6 is 0 Å². The Bertz CT molecular complexity index is 227. The van der Waals surface area contributed by atoms with Crippen LogP contribution in [0.2, 0.25) is 58.9 Å². The smallest absolute Gasteiger partial charge is 0.405 e. The maximum atomic E-state index is 6.32. The van der Waals surface area contributed by atoms with Crippen LogP contribution < -0.4 is 4.98 Å². The van der Waals surface area contributed by atoms with Gasteiger partial charge >= 0.3 is 8.97 Å². The second-order valence-corrected chi connectivity index (χ2v) is 24.2. The van der Waals surface area contributed by atoms with Gasteiger partial charge in [-0.3, -0.25) is 4.98 Å². The summed E-state index contributed by atoms with van der Waals surface area (Å²) in [5.41, 5.74) is 0. The lowest BCUT2D eigenvalue weighted by Crippen LogP contribution is -2.67. The third-order valence-electron chi connectivity index (χ3n) is 1.63. The Morgan fingerprint density at radius 1 is 0.556 bits per heavy atom. The largest absolute Gasteiger partial charge is 0.564 e. The third-order valence-corrected chi connectivity index (χ3v) is 12.8. The molecule has 4 nitrogen and oxygen atoms in total. The quantitative estimate of drug-likeness (QED) is 0.730. The SMILES string of the molecule is CN[Si](O[Si](C)(C)C)(O[Si](C)(C)C)O[Si](C)(C)C. The van der Waals surface area contributed by atoms with Crippen LogP contribution in [0.25, 0.3) is 0 Å². The summed E-state index contributed by atoms with van der Waals surface area (Å²) in [7, 11) is -6.00. The highest BCUT2D eigenvalue weighted by molar-refractivity contribution is 6.89. The minimum absolute atomic E-state index is 1.72. The average molecular weight is 326 g/mol. The lowest BCUT2D eigenvalue weighted by molar-refractivity contribution is 0.239. The van der Waals surface area contributed by atoms with Gasteiger partial charge in [0.05, 0.1) is 0 Å². The summed E-state index contributed by atoms with van der Waals surface area (Å²) in [4.78, 5) is 3.26. The molecule has 1 N–H and O–H groups in total. The van der Waals surface area contributed by atoms with Crippen molar-refractivity contribution in [1.82, 2.24) is 4.98 Å². The van der Waals surface area contributed by atoms with Crippen LogP contribution in [0.5, 0.6) is 0 Å². The zero-order chi connectivity index (χ0) is 14.8. The van der Waals surface area contributed by atoms with E-state index < -0.39 is 33.9 Å². The first-order valence-electron chi connectivity index (χ1n) is 6.47. The van der Waals surface area contributed by atoms with Gasteiger partial charge in [0.15, 0.2) is 25.0 Å². The topological polar surface area (TPSA) is 39.7 Å².